The molecule has 3 aromatic heterocycles. The van der Waals surface area contributed by atoms with Crippen molar-refractivity contribution in [2.45, 2.75) is 0 Å². The van der Waals surface area contributed by atoms with Gasteiger partial charge in [-0.25, -0.2) is 11.1 Å². The minimum atomic E-state index is 0. The standard InChI is InChI=1S/C39H22N4O2.U/c1-3-9-26(10-4-1)27-16-18-33-37(23-27)44-38(41-33)28-17-20-35-31(22-28)30-21-25(24-40-29-11-5-2-6-12-29)15-19-34(30)43(35)39-42-32-13-7-8-14-36(32)45-39;/h1-11,13-23H;/q-2;+2. The first kappa shape index (κ1) is 28.3. The van der Waals surface area contributed by atoms with E-state index in [4.69, 9.17) is 18.8 Å². The summed E-state index contributed by atoms with van der Waals surface area (Å²) in [7, 11) is 0. The number of hydrogen-bond acceptors (Lipinski definition) is 5. The molecule has 0 aliphatic carbocycles. The number of fused-ring (bicyclic) bond motifs is 5. The summed E-state index contributed by atoms with van der Waals surface area (Å²) >= 11 is 0. The molecule has 0 spiro atoms. The molecular weight excluding hydrogens is 794 g/mol. The van der Waals surface area contributed by atoms with E-state index < -0.39 is 0 Å². The Labute approximate surface area is 287 Å². The first-order valence-electron chi connectivity index (χ1n) is 14.6. The van der Waals surface area contributed by atoms with Crippen LogP contribution in [0.25, 0.3) is 72.6 Å². The van der Waals surface area contributed by atoms with Gasteiger partial charge >= 0.3 is 37.1 Å². The number of rotatable bonds is 5. The molecule has 9 rings (SSSR count). The largest absolute Gasteiger partial charge is 2.00 e. The van der Waals surface area contributed by atoms with E-state index in [2.05, 4.69) is 64.3 Å². The topological polar surface area (TPSA) is 69.3 Å². The molecule has 6 aromatic carbocycles. The third-order valence-electron chi connectivity index (χ3n) is 7.98. The Balaban J connectivity index is 0.00000312. The minimum Gasteiger partial charge on any atom is -0.436 e. The van der Waals surface area contributed by atoms with Crippen LogP contribution in [0.5, 0.6) is 0 Å². The molecule has 214 valence electrons. The molecule has 0 atom stereocenters. The maximum atomic E-state index is 6.34. The summed E-state index contributed by atoms with van der Waals surface area (Å²) in [6, 6.07) is 47.8. The molecule has 0 fully saturated rings. The zero-order valence-electron chi connectivity index (χ0n) is 24.3. The molecule has 0 saturated carbocycles. The normalized spacial score (nSPS) is 11.7. The van der Waals surface area contributed by atoms with E-state index in [0.717, 1.165) is 71.9 Å². The van der Waals surface area contributed by atoms with Crippen molar-refractivity contribution in [1.29, 1.82) is 0 Å². The van der Waals surface area contributed by atoms with Crippen LogP contribution >= 0.6 is 0 Å². The van der Waals surface area contributed by atoms with E-state index in [1.807, 2.05) is 91.0 Å². The van der Waals surface area contributed by atoms with Gasteiger partial charge in [0.1, 0.15) is 11.0 Å². The summed E-state index contributed by atoms with van der Waals surface area (Å²) < 4.78 is 14.6. The van der Waals surface area contributed by atoms with Gasteiger partial charge < -0.3 is 13.8 Å². The van der Waals surface area contributed by atoms with E-state index in [0.29, 0.717) is 11.9 Å². The van der Waals surface area contributed by atoms with Gasteiger partial charge in [0, 0.05) is 11.1 Å². The second-order valence-electron chi connectivity index (χ2n) is 10.8. The van der Waals surface area contributed by atoms with Crippen LogP contribution < -0.4 is 0 Å². The quantitative estimate of drug-likeness (QED) is 0.128. The average molecular weight is 817 g/mol. The van der Waals surface area contributed by atoms with Crippen molar-refractivity contribution in [2.75, 3.05) is 0 Å². The second-order valence-corrected chi connectivity index (χ2v) is 10.8. The van der Waals surface area contributed by atoms with Crippen LogP contribution in [0.2, 0.25) is 0 Å². The monoisotopic (exact) mass is 816 g/mol. The molecule has 0 saturated heterocycles. The molecule has 0 bridgehead atoms. The number of aliphatic imine (C=N–C) groups is 1. The fourth-order valence-corrected chi connectivity index (χ4v) is 5.82. The summed E-state index contributed by atoms with van der Waals surface area (Å²) in [4.78, 5) is 14.2. The number of oxazole rings is 2. The van der Waals surface area contributed by atoms with Crippen LogP contribution in [-0.2, 0) is 0 Å². The molecule has 0 radical (unpaired) electrons. The van der Waals surface area contributed by atoms with Gasteiger partial charge in [-0.2, -0.15) is 29.2 Å². The Morgan fingerprint density at radius 2 is 1.37 bits per heavy atom. The van der Waals surface area contributed by atoms with E-state index in [1.165, 1.54) is 0 Å². The maximum absolute atomic E-state index is 6.34. The van der Waals surface area contributed by atoms with Crippen LogP contribution in [0.15, 0.2) is 147 Å². The van der Waals surface area contributed by atoms with Crippen LogP contribution in [0, 0.1) is 37.2 Å². The Kier molecular flexibility index (Phi) is 7.14. The van der Waals surface area contributed by atoms with Crippen molar-refractivity contribution < 1.29 is 39.9 Å². The van der Waals surface area contributed by atoms with Gasteiger partial charge in [0.25, 0.3) is 0 Å². The number of nitrogens with zero attached hydrogens (tertiary/aromatic N) is 4. The summed E-state index contributed by atoms with van der Waals surface area (Å²) in [5.74, 6) is 0.559. The average Bonchev–Trinajstić information content (AvgIpc) is 3.81. The van der Waals surface area contributed by atoms with Crippen LogP contribution in [-0.4, -0.2) is 20.7 Å². The molecular formula is C39H22N4O2U. The fraction of sp³-hybridized carbons (Fsp3) is 0. The predicted octanol–water partition coefficient (Wildman–Crippen LogP) is 9.83. The molecule has 6 nitrogen and oxygen atoms in total. The van der Waals surface area contributed by atoms with Crippen molar-refractivity contribution in [1.82, 2.24) is 14.5 Å². The van der Waals surface area contributed by atoms with E-state index in [-0.39, 0.29) is 31.1 Å². The molecule has 7 heteroatoms. The number of hydrogen-bond donors (Lipinski definition) is 0. The van der Waals surface area contributed by atoms with Crippen molar-refractivity contribution in [3.63, 3.8) is 0 Å². The van der Waals surface area contributed by atoms with E-state index >= 15 is 0 Å². The molecule has 46 heavy (non-hydrogen) atoms. The van der Waals surface area contributed by atoms with Gasteiger partial charge in [0.05, 0.1) is 5.52 Å². The third-order valence-corrected chi connectivity index (χ3v) is 7.98. The SMILES string of the molecule is [C-](=Nc1[c-]cccc1)c1ccc2c(c1)c1cc(-c3nc4ccc(-c5ccccc5)cc4o3)ccc1n2-c1nc2ccccc2o1.[U+2]. The smallest absolute Gasteiger partial charge is 0.436 e. The van der Waals surface area contributed by atoms with Crippen molar-refractivity contribution in [3.05, 3.63) is 145 Å². The Morgan fingerprint density at radius 3 is 2.22 bits per heavy atom. The maximum Gasteiger partial charge on any atom is 2.00 e. The van der Waals surface area contributed by atoms with Crippen molar-refractivity contribution >= 4 is 55.9 Å². The number of aromatic nitrogens is 3. The van der Waals surface area contributed by atoms with Gasteiger partial charge in [-0.15, -0.1) is 23.4 Å². The van der Waals surface area contributed by atoms with E-state index in [1.54, 1.807) is 0 Å². The van der Waals surface area contributed by atoms with Gasteiger partial charge in [-0.05, 0) is 70.6 Å². The van der Waals surface area contributed by atoms with Crippen molar-refractivity contribution in [3.8, 4) is 28.6 Å². The number of para-hydroxylation sites is 3. The van der Waals surface area contributed by atoms with E-state index in [9.17, 15) is 0 Å². The van der Waals surface area contributed by atoms with Crippen LogP contribution in [0.3, 0.4) is 0 Å². The van der Waals surface area contributed by atoms with Crippen LogP contribution in [0.1, 0.15) is 5.56 Å². The number of benzene rings is 6. The Morgan fingerprint density at radius 1 is 0.609 bits per heavy atom. The second kappa shape index (κ2) is 11.6. The Bertz CT molecular complexity index is 2510. The summed E-state index contributed by atoms with van der Waals surface area (Å²) in [6.45, 7) is 0. The van der Waals surface area contributed by atoms with Gasteiger partial charge in [-0.1, -0.05) is 54.6 Å². The van der Waals surface area contributed by atoms with Gasteiger partial charge in [0.2, 0.25) is 5.89 Å². The molecule has 0 amide bonds. The Hall–Kier alpha value is -5.22. The summed E-state index contributed by atoms with van der Waals surface area (Å²) in [6.07, 6.45) is 3.19. The van der Waals surface area contributed by atoms with Crippen molar-refractivity contribution in [2.24, 2.45) is 4.99 Å². The molecule has 0 N–H and O–H groups in total. The minimum absolute atomic E-state index is 0. The third kappa shape index (κ3) is 4.95. The molecule has 0 aliphatic rings. The van der Waals surface area contributed by atoms with Crippen LogP contribution in [0.4, 0.5) is 5.69 Å². The summed E-state index contributed by atoms with van der Waals surface area (Å²) in [5.41, 5.74) is 9.65. The zero-order chi connectivity index (χ0) is 29.7. The first-order valence-corrected chi connectivity index (χ1v) is 14.6. The predicted molar refractivity (Wildman–Crippen MR) is 178 cm³/mol. The molecule has 0 unspecified atom stereocenters. The first-order chi connectivity index (χ1) is 22.3. The zero-order valence-corrected chi connectivity index (χ0v) is 28.5. The fourth-order valence-electron chi connectivity index (χ4n) is 5.82. The molecule has 9 aromatic rings. The van der Waals surface area contributed by atoms with Gasteiger partial charge in [-0.3, -0.25) is 4.57 Å². The summed E-state index contributed by atoms with van der Waals surface area (Å²) in [5, 5.41) is 2.01. The molecule has 3 heterocycles. The molecule has 0 aliphatic heterocycles. The van der Waals surface area contributed by atoms with Gasteiger partial charge in [0.15, 0.2) is 11.2 Å².